The first-order valence-corrected chi connectivity index (χ1v) is 7.82. The Labute approximate surface area is 124 Å². The smallest absolute Gasteiger partial charge is 0.0520 e. The molecular weight excluding hydrogens is 302 g/mol. The Balaban J connectivity index is 2.04. The maximum Gasteiger partial charge on any atom is 0.0520 e. The minimum absolute atomic E-state index is 0.0478. The molecule has 1 aromatic rings. The number of hydrogen-bond donors (Lipinski definition) is 2. The van der Waals surface area contributed by atoms with Crippen LogP contribution in [-0.4, -0.2) is 36.1 Å². The third kappa shape index (κ3) is 3.71. The molecule has 0 bridgehead atoms. The summed E-state index contributed by atoms with van der Waals surface area (Å²) in [7, 11) is 0. The van der Waals surface area contributed by atoms with Crippen molar-refractivity contribution in [2.24, 2.45) is 5.73 Å². The van der Waals surface area contributed by atoms with Gasteiger partial charge in [-0.1, -0.05) is 22.0 Å². The molecule has 1 aromatic carbocycles. The first-order valence-electron chi connectivity index (χ1n) is 7.02. The van der Waals surface area contributed by atoms with E-state index < -0.39 is 0 Å². The zero-order valence-electron chi connectivity index (χ0n) is 11.8. The Morgan fingerprint density at radius 1 is 1.37 bits per heavy atom. The molecule has 4 heteroatoms. The number of piperidine rings is 1. The van der Waals surface area contributed by atoms with Gasteiger partial charge in [0.15, 0.2) is 0 Å². The van der Waals surface area contributed by atoms with Crippen LogP contribution in [0.1, 0.15) is 26.7 Å². The second kappa shape index (κ2) is 6.25. The van der Waals surface area contributed by atoms with Crippen molar-refractivity contribution in [2.75, 3.05) is 25.0 Å². The van der Waals surface area contributed by atoms with Gasteiger partial charge in [-0.3, -0.25) is 0 Å². The number of rotatable bonds is 4. The number of nitrogens with one attached hydrogen (secondary N) is 1. The van der Waals surface area contributed by atoms with E-state index in [1.165, 1.54) is 0 Å². The van der Waals surface area contributed by atoms with Gasteiger partial charge in [0.1, 0.15) is 0 Å². The molecule has 106 valence electrons. The molecule has 0 amide bonds. The van der Waals surface area contributed by atoms with Gasteiger partial charge in [-0.15, -0.1) is 0 Å². The molecule has 0 aliphatic carbocycles. The van der Waals surface area contributed by atoms with Crippen LogP contribution in [0, 0.1) is 0 Å². The minimum Gasteiger partial charge on any atom is -0.378 e. The van der Waals surface area contributed by atoms with E-state index in [0.717, 1.165) is 36.1 Å². The maximum absolute atomic E-state index is 6.05. The predicted octanol–water partition coefficient (Wildman–Crippen LogP) is 3.06. The standard InChI is InChI=1S/C15H24BrN3/c1-12(2)19-8-6-15(11-17,7-9-19)18-14-5-3-4-13(16)10-14/h3-5,10,12,18H,6-9,11,17H2,1-2H3. The Hall–Kier alpha value is -0.580. The van der Waals surface area contributed by atoms with E-state index in [2.05, 4.69) is 58.2 Å². The first kappa shape index (κ1) is 14.8. The van der Waals surface area contributed by atoms with Crippen molar-refractivity contribution in [1.29, 1.82) is 0 Å². The molecule has 1 saturated heterocycles. The maximum atomic E-state index is 6.05. The quantitative estimate of drug-likeness (QED) is 0.893. The lowest BCUT2D eigenvalue weighted by atomic mass is 9.86. The van der Waals surface area contributed by atoms with E-state index in [1.807, 2.05) is 6.07 Å². The summed E-state index contributed by atoms with van der Waals surface area (Å²) >= 11 is 3.52. The van der Waals surface area contributed by atoms with Gasteiger partial charge in [0.05, 0.1) is 5.54 Å². The van der Waals surface area contributed by atoms with Crippen molar-refractivity contribution < 1.29 is 0 Å². The average molecular weight is 326 g/mol. The summed E-state index contributed by atoms with van der Waals surface area (Å²) in [6.45, 7) is 7.45. The van der Waals surface area contributed by atoms with Crippen LogP contribution in [0.2, 0.25) is 0 Å². The van der Waals surface area contributed by atoms with E-state index in [-0.39, 0.29) is 5.54 Å². The van der Waals surface area contributed by atoms with Crippen LogP contribution < -0.4 is 11.1 Å². The van der Waals surface area contributed by atoms with E-state index in [1.54, 1.807) is 0 Å². The van der Waals surface area contributed by atoms with Crippen molar-refractivity contribution >= 4 is 21.6 Å². The van der Waals surface area contributed by atoms with Gasteiger partial charge < -0.3 is 16.0 Å². The highest BCUT2D eigenvalue weighted by Crippen LogP contribution is 2.28. The number of anilines is 1. The van der Waals surface area contributed by atoms with Gasteiger partial charge in [0, 0.05) is 35.8 Å². The fourth-order valence-electron chi connectivity index (χ4n) is 2.72. The summed E-state index contributed by atoms with van der Waals surface area (Å²) in [5, 5.41) is 3.66. The van der Waals surface area contributed by atoms with Crippen LogP contribution in [0.3, 0.4) is 0 Å². The van der Waals surface area contributed by atoms with Gasteiger partial charge in [0.2, 0.25) is 0 Å². The summed E-state index contributed by atoms with van der Waals surface area (Å²) in [5.41, 5.74) is 7.25. The summed E-state index contributed by atoms with van der Waals surface area (Å²) in [6.07, 6.45) is 2.21. The first-order chi connectivity index (χ1) is 9.04. The number of benzene rings is 1. The van der Waals surface area contributed by atoms with Crippen LogP contribution >= 0.6 is 15.9 Å². The van der Waals surface area contributed by atoms with Crippen molar-refractivity contribution in [1.82, 2.24) is 4.90 Å². The zero-order chi connectivity index (χ0) is 13.9. The fraction of sp³-hybridized carbons (Fsp3) is 0.600. The second-order valence-electron chi connectivity index (χ2n) is 5.75. The predicted molar refractivity (Wildman–Crippen MR) is 85.5 cm³/mol. The number of likely N-dealkylation sites (tertiary alicyclic amines) is 1. The molecule has 2 rings (SSSR count). The summed E-state index contributed by atoms with van der Waals surface area (Å²) in [4.78, 5) is 2.52. The molecule has 1 aliphatic rings. The molecule has 0 radical (unpaired) electrons. The van der Waals surface area contributed by atoms with Crippen LogP contribution in [0.5, 0.6) is 0 Å². The molecule has 0 saturated carbocycles. The summed E-state index contributed by atoms with van der Waals surface area (Å²) in [6, 6.07) is 8.95. The van der Waals surface area contributed by atoms with E-state index in [4.69, 9.17) is 5.73 Å². The lowest BCUT2D eigenvalue weighted by Crippen LogP contribution is -2.54. The number of hydrogen-bond acceptors (Lipinski definition) is 3. The highest BCUT2D eigenvalue weighted by atomic mass is 79.9. The molecule has 0 aromatic heterocycles. The van der Waals surface area contributed by atoms with Crippen LogP contribution in [0.15, 0.2) is 28.7 Å². The molecule has 1 fully saturated rings. The molecule has 0 atom stereocenters. The molecule has 1 heterocycles. The zero-order valence-corrected chi connectivity index (χ0v) is 13.4. The molecule has 3 N–H and O–H groups in total. The van der Waals surface area contributed by atoms with Gasteiger partial charge >= 0.3 is 0 Å². The van der Waals surface area contributed by atoms with E-state index in [9.17, 15) is 0 Å². The lowest BCUT2D eigenvalue weighted by molar-refractivity contribution is 0.144. The van der Waals surface area contributed by atoms with Gasteiger partial charge in [-0.2, -0.15) is 0 Å². The number of nitrogens with zero attached hydrogens (tertiary/aromatic N) is 1. The molecule has 19 heavy (non-hydrogen) atoms. The monoisotopic (exact) mass is 325 g/mol. The molecule has 1 aliphatic heterocycles. The van der Waals surface area contributed by atoms with E-state index >= 15 is 0 Å². The Morgan fingerprint density at radius 2 is 2.05 bits per heavy atom. The highest BCUT2D eigenvalue weighted by molar-refractivity contribution is 9.10. The van der Waals surface area contributed by atoms with Gasteiger partial charge in [-0.05, 0) is 44.9 Å². The molecule has 0 spiro atoms. The third-order valence-corrected chi connectivity index (χ3v) is 4.60. The van der Waals surface area contributed by atoms with Gasteiger partial charge in [0.25, 0.3) is 0 Å². The Kier molecular flexibility index (Phi) is 4.87. The van der Waals surface area contributed by atoms with E-state index in [0.29, 0.717) is 12.6 Å². The Bertz CT molecular complexity index is 412. The average Bonchev–Trinajstić information content (AvgIpc) is 2.39. The largest absolute Gasteiger partial charge is 0.378 e. The van der Waals surface area contributed by atoms with Crippen LogP contribution in [0.25, 0.3) is 0 Å². The summed E-state index contributed by atoms with van der Waals surface area (Å²) in [5.74, 6) is 0. The fourth-order valence-corrected chi connectivity index (χ4v) is 3.12. The number of nitrogens with two attached hydrogens (primary N) is 1. The SMILES string of the molecule is CC(C)N1CCC(CN)(Nc2cccc(Br)c2)CC1. The Morgan fingerprint density at radius 3 is 2.58 bits per heavy atom. The highest BCUT2D eigenvalue weighted by Gasteiger charge is 2.33. The van der Waals surface area contributed by atoms with Crippen molar-refractivity contribution in [2.45, 2.75) is 38.3 Å². The van der Waals surface area contributed by atoms with Crippen molar-refractivity contribution in [3.05, 3.63) is 28.7 Å². The second-order valence-corrected chi connectivity index (χ2v) is 6.67. The van der Waals surface area contributed by atoms with Crippen molar-refractivity contribution in [3.63, 3.8) is 0 Å². The topological polar surface area (TPSA) is 41.3 Å². The van der Waals surface area contributed by atoms with Crippen LogP contribution in [-0.2, 0) is 0 Å². The molecule has 0 unspecified atom stereocenters. The summed E-state index contributed by atoms with van der Waals surface area (Å²) < 4.78 is 1.10. The van der Waals surface area contributed by atoms with Crippen LogP contribution in [0.4, 0.5) is 5.69 Å². The molecule has 3 nitrogen and oxygen atoms in total. The molecular formula is C15H24BrN3. The normalized spacial score (nSPS) is 19.6. The third-order valence-electron chi connectivity index (χ3n) is 4.11. The minimum atomic E-state index is 0.0478. The number of halogens is 1. The van der Waals surface area contributed by atoms with Crippen molar-refractivity contribution in [3.8, 4) is 0 Å². The lowest BCUT2D eigenvalue weighted by Gasteiger charge is -2.43. The van der Waals surface area contributed by atoms with Gasteiger partial charge in [-0.25, -0.2) is 0 Å².